The van der Waals surface area contributed by atoms with Crippen LogP contribution in [0.4, 0.5) is 0 Å². The average Bonchev–Trinajstić information content (AvgIpc) is 2.65. The molecule has 1 N–H and O–H groups in total. The SMILES string of the molecule is COc1ccc2[nH]c(=S)n(CC(C)OC)c2c1. The fourth-order valence-electron chi connectivity index (χ4n) is 1.77. The Morgan fingerprint density at radius 3 is 2.82 bits per heavy atom. The third-order valence-electron chi connectivity index (χ3n) is 2.82. The quantitative estimate of drug-likeness (QED) is 0.850. The fraction of sp³-hybridized carbons (Fsp3) is 0.417. The van der Waals surface area contributed by atoms with E-state index in [1.165, 1.54) is 0 Å². The van der Waals surface area contributed by atoms with Crippen LogP contribution in [0.15, 0.2) is 18.2 Å². The lowest BCUT2D eigenvalue weighted by atomic mass is 10.3. The second-order valence-corrected chi connectivity index (χ2v) is 4.36. The molecule has 2 aromatic rings. The first-order valence-corrected chi connectivity index (χ1v) is 5.86. The summed E-state index contributed by atoms with van der Waals surface area (Å²) < 4.78 is 13.2. The lowest BCUT2D eigenvalue weighted by molar-refractivity contribution is 0.104. The Hall–Kier alpha value is -1.33. The molecule has 0 aliphatic heterocycles. The number of imidazole rings is 1. The van der Waals surface area contributed by atoms with E-state index in [1.54, 1.807) is 14.2 Å². The van der Waals surface area contributed by atoms with E-state index in [2.05, 4.69) is 4.98 Å². The molecule has 5 heteroatoms. The smallest absolute Gasteiger partial charge is 0.178 e. The summed E-state index contributed by atoms with van der Waals surface area (Å²) in [5.74, 6) is 0.824. The molecule has 1 aromatic heterocycles. The number of ether oxygens (including phenoxy) is 2. The summed E-state index contributed by atoms with van der Waals surface area (Å²) in [6.07, 6.45) is 0.118. The van der Waals surface area contributed by atoms with Crippen LogP contribution in [-0.4, -0.2) is 29.9 Å². The molecular formula is C12H16N2O2S. The van der Waals surface area contributed by atoms with Crippen LogP contribution in [0.2, 0.25) is 0 Å². The number of aromatic amines is 1. The highest BCUT2D eigenvalue weighted by molar-refractivity contribution is 7.71. The van der Waals surface area contributed by atoms with Crippen LogP contribution < -0.4 is 4.74 Å². The summed E-state index contributed by atoms with van der Waals surface area (Å²) in [5, 5.41) is 0. The van der Waals surface area contributed by atoms with Crippen molar-refractivity contribution in [2.45, 2.75) is 19.6 Å². The van der Waals surface area contributed by atoms with Crippen LogP contribution in [0.25, 0.3) is 11.0 Å². The van der Waals surface area contributed by atoms with Gasteiger partial charge in [-0.05, 0) is 31.3 Å². The van der Waals surface area contributed by atoms with Crippen molar-refractivity contribution < 1.29 is 9.47 Å². The van der Waals surface area contributed by atoms with E-state index in [0.717, 1.165) is 23.3 Å². The van der Waals surface area contributed by atoms with Crippen molar-refractivity contribution in [1.82, 2.24) is 9.55 Å². The molecule has 1 aromatic carbocycles. The van der Waals surface area contributed by atoms with Gasteiger partial charge in [0.2, 0.25) is 0 Å². The van der Waals surface area contributed by atoms with Crippen molar-refractivity contribution in [2.75, 3.05) is 14.2 Å². The molecule has 0 amide bonds. The zero-order valence-electron chi connectivity index (χ0n) is 10.2. The van der Waals surface area contributed by atoms with Gasteiger partial charge in [0.1, 0.15) is 5.75 Å². The van der Waals surface area contributed by atoms with Gasteiger partial charge < -0.3 is 19.0 Å². The van der Waals surface area contributed by atoms with Gasteiger partial charge in [-0.2, -0.15) is 0 Å². The Labute approximate surface area is 105 Å². The molecule has 92 valence electrons. The number of nitrogens with one attached hydrogen (secondary N) is 1. The fourth-order valence-corrected chi connectivity index (χ4v) is 2.06. The summed E-state index contributed by atoms with van der Waals surface area (Å²) in [6.45, 7) is 2.74. The van der Waals surface area contributed by atoms with Gasteiger partial charge in [-0.15, -0.1) is 0 Å². The molecular weight excluding hydrogens is 236 g/mol. The van der Waals surface area contributed by atoms with Crippen molar-refractivity contribution in [3.05, 3.63) is 23.0 Å². The second-order valence-electron chi connectivity index (χ2n) is 3.97. The van der Waals surface area contributed by atoms with E-state index in [9.17, 15) is 0 Å². The van der Waals surface area contributed by atoms with Crippen molar-refractivity contribution in [1.29, 1.82) is 0 Å². The van der Waals surface area contributed by atoms with Crippen molar-refractivity contribution in [3.8, 4) is 5.75 Å². The van der Waals surface area contributed by atoms with Crippen LogP contribution in [0.1, 0.15) is 6.92 Å². The van der Waals surface area contributed by atoms with E-state index in [0.29, 0.717) is 4.77 Å². The van der Waals surface area contributed by atoms with E-state index in [4.69, 9.17) is 21.7 Å². The minimum atomic E-state index is 0.118. The summed E-state index contributed by atoms with van der Waals surface area (Å²) in [4.78, 5) is 3.17. The van der Waals surface area contributed by atoms with Crippen LogP contribution >= 0.6 is 12.2 Å². The molecule has 0 fully saturated rings. The topological polar surface area (TPSA) is 39.2 Å². The van der Waals surface area contributed by atoms with Crippen molar-refractivity contribution in [3.63, 3.8) is 0 Å². The maximum Gasteiger partial charge on any atom is 0.178 e. The first-order chi connectivity index (χ1) is 8.15. The Morgan fingerprint density at radius 2 is 2.18 bits per heavy atom. The predicted molar refractivity (Wildman–Crippen MR) is 70.1 cm³/mol. The average molecular weight is 252 g/mol. The number of nitrogens with zero attached hydrogens (tertiary/aromatic N) is 1. The highest BCUT2D eigenvalue weighted by Crippen LogP contribution is 2.21. The molecule has 1 atom stereocenters. The summed E-state index contributed by atoms with van der Waals surface area (Å²) in [7, 11) is 3.36. The van der Waals surface area contributed by atoms with Crippen LogP contribution in [-0.2, 0) is 11.3 Å². The maximum atomic E-state index is 5.31. The number of H-pyrrole nitrogens is 1. The van der Waals surface area contributed by atoms with Gasteiger partial charge in [0.05, 0.1) is 30.8 Å². The highest BCUT2D eigenvalue weighted by Gasteiger charge is 2.08. The van der Waals surface area contributed by atoms with Crippen LogP contribution in [0.3, 0.4) is 0 Å². The summed E-state index contributed by atoms with van der Waals surface area (Å²) >= 11 is 5.31. The van der Waals surface area contributed by atoms with Crippen molar-refractivity contribution >= 4 is 23.3 Å². The van der Waals surface area contributed by atoms with Gasteiger partial charge in [0, 0.05) is 13.2 Å². The third kappa shape index (κ3) is 2.35. The first-order valence-electron chi connectivity index (χ1n) is 5.45. The number of benzene rings is 1. The summed E-state index contributed by atoms with van der Waals surface area (Å²) in [5.41, 5.74) is 2.05. The Morgan fingerprint density at radius 1 is 1.41 bits per heavy atom. The van der Waals surface area contributed by atoms with Gasteiger partial charge in [-0.3, -0.25) is 0 Å². The molecule has 1 heterocycles. The Bertz CT molecular complexity index is 573. The third-order valence-corrected chi connectivity index (χ3v) is 3.15. The minimum absolute atomic E-state index is 0.118. The molecule has 2 rings (SSSR count). The number of methoxy groups -OCH3 is 2. The van der Waals surface area contributed by atoms with Gasteiger partial charge in [-0.25, -0.2) is 0 Å². The number of fused-ring (bicyclic) bond motifs is 1. The zero-order chi connectivity index (χ0) is 12.4. The van der Waals surface area contributed by atoms with E-state index in [1.807, 2.05) is 29.7 Å². The molecule has 0 bridgehead atoms. The molecule has 4 nitrogen and oxygen atoms in total. The Kier molecular flexibility index (Phi) is 3.49. The maximum absolute atomic E-state index is 5.31. The molecule has 0 radical (unpaired) electrons. The standard InChI is InChI=1S/C12H16N2O2S/c1-8(15-2)7-14-11-6-9(16-3)4-5-10(11)13-12(14)17/h4-6,8H,7H2,1-3H3,(H,13,17). The Balaban J connectivity index is 2.52. The second kappa shape index (κ2) is 4.89. The zero-order valence-corrected chi connectivity index (χ0v) is 11.0. The highest BCUT2D eigenvalue weighted by atomic mass is 32.1. The number of aromatic nitrogens is 2. The lowest BCUT2D eigenvalue weighted by Crippen LogP contribution is -2.14. The van der Waals surface area contributed by atoms with E-state index >= 15 is 0 Å². The normalized spacial score (nSPS) is 12.9. The van der Waals surface area contributed by atoms with Crippen LogP contribution in [0, 0.1) is 4.77 Å². The van der Waals surface area contributed by atoms with Gasteiger partial charge in [0.25, 0.3) is 0 Å². The molecule has 0 aliphatic rings. The first kappa shape index (κ1) is 12.1. The molecule has 0 aliphatic carbocycles. The molecule has 0 saturated carbocycles. The van der Waals surface area contributed by atoms with Gasteiger partial charge >= 0.3 is 0 Å². The van der Waals surface area contributed by atoms with E-state index in [-0.39, 0.29) is 6.10 Å². The predicted octanol–water partition coefficient (Wildman–Crippen LogP) is 2.74. The largest absolute Gasteiger partial charge is 0.497 e. The number of rotatable bonds is 4. The lowest BCUT2D eigenvalue weighted by Gasteiger charge is -2.11. The van der Waals surface area contributed by atoms with Gasteiger partial charge in [-0.1, -0.05) is 0 Å². The molecule has 0 saturated heterocycles. The molecule has 17 heavy (non-hydrogen) atoms. The number of hydrogen-bond donors (Lipinski definition) is 1. The van der Waals surface area contributed by atoms with Gasteiger partial charge in [0.15, 0.2) is 4.77 Å². The number of hydrogen-bond acceptors (Lipinski definition) is 3. The van der Waals surface area contributed by atoms with E-state index < -0.39 is 0 Å². The van der Waals surface area contributed by atoms with Crippen molar-refractivity contribution in [2.24, 2.45) is 0 Å². The summed E-state index contributed by atoms with van der Waals surface area (Å²) in [6, 6.07) is 5.86. The molecule has 0 spiro atoms. The monoisotopic (exact) mass is 252 g/mol. The molecule has 1 unspecified atom stereocenters. The minimum Gasteiger partial charge on any atom is -0.497 e. The van der Waals surface area contributed by atoms with Crippen LogP contribution in [0.5, 0.6) is 5.75 Å².